The molecule has 1 aliphatic heterocycles. The molecule has 3 aromatic rings. The zero-order valence-electron chi connectivity index (χ0n) is 14.9. The molecule has 4 rings (SSSR count). The second-order valence-corrected chi connectivity index (χ2v) is 6.81. The molecule has 0 atom stereocenters. The monoisotopic (exact) mass is 350 g/mol. The van der Waals surface area contributed by atoms with Gasteiger partial charge in [-0.05, 0) is 56.6 Å². The minimum Gasteiger partial charge on any atom is -0.351 e. The fraction of sp³-hybridized carbons (Fsp3) is 0.350. The number of nitrogens with one attached hydrogen (secondary N) is 1. The van der Waals surface area contributed by atoms with Crippen molar-refractivity contribution in [1.82, 2.24) is 19.6 Å². The Bertz CT molecular complexity index is 1040. The SMILES string of the molecule is Cc1cccc2c(=O)n3cccc(C(=O)NCCN4CCCC4)c3nc12. The quantitative estimate of drug-likeness (QED) is 0.731. The summed E-state index contributed by atoms with van der Waals surface area (Å²) in [5.41, 5.74) is 2.25. The van der Waals surface area contributed by atoms with Gasteiger partial charge in [0.1, 0.15) is 0 Å². The first kappa shape index (κ1) is 16.7. The van der Waals surface area contributed by atoms with Gasteiger partial charge >= 0.3 is 0 Å². The van der Waals surface area contributed by atoms with Gasteiger partial charge in [0.15, 0.2) is 5.65 Å². The molecule has 1 fully saturated rings. The van der Waals surface area contributed by atoms with Gasteiger partial charge in [0.25, 0.3) is 11.5 Å². The lowest BCUT2D eigenvalue weighted by atomic mass is 10.1. The number of amides is 1. The van der Waals surface area contributed by atoms with Gasteiger partial charge < -0.3 is 10.2 Å². The van der Waals surface area contributed by atoms with E-state index in [4.69, 9.17) is 0 Å². The standard InChI is InChI=1S/C20H22N4O2/c1-14-6-4-7-15-17(14)22-18-16(8-5-12-24(18)20(15)26)19(25)21-9-13-23-10-2-3-11-23/h4-8,12H,2-3,9-11,13H2,1H3,(H,21,25). The van der Waals surface area contributed by atoms with Crippen molar-refractivity contribution < 1.29 is 4.79 Å². The van der Waals surface area contributed by atoms with Gasteiger partial charge in [-0.3, -0.25) is 14.0 Å². The van der Waals surface area contributed by atoms with E-state index < -0.39 is 0 Å². The molecular formula is C20H22N4O2. The number of benzene rings is 1. The zero-order valence-corrected chi connectivity index (χ0v) is 14.9. The molecule has 26 heavy (non-hydrogen) atoms. The molecule has 1 saturated heterocycles. The Morgan fingerprint density at radius 2 is 2.00 bits per heavy atom. The van der Waals surface area contributed by atoms with Gasteiger partial charge in [-0.25, -0.2) is 4.98 Å². The number of pyridine rings is 1. The molecule has 2 aromatic heterocycles. The number of para-hydroxylation sites is 1. The van der Waals surface area contributed by atoms with Crippen LogP contribution in [0.25, 0.3) is 16.6 Å². The average Bonchev–Trinajstić information content (AvgIpc) is 3.16. The molecule has 0 radical (unpaired) electrons. The molecule has 6 nitrogen and oxygen atoms in total. The van der Waals surface area contributed by atoms with E-state index in [-0.39, 0.29) is 11.5 Å². The second kappa shape index (κ2) is 6.88. The van der Waals surface area contributed by atoms with E-state index in [0.717, 1.165) is 25.2 Å². The molecular weight excluding hydrogens is 328 g/mol. The van der Waals surface area contributed by atoms with Crippen molar-refractivity contribution in [1.29, 1.82) is 0 Å². The summed E-state index contributed by atoms with van der Waals surface area (Å²) in [4.78, 5) is 32.5. The molecule has 1 N–H and O–H groups in total. The van der Waals surface area contributed by atoms with Crippen LogP contribution >= 0.6 is 0 Å². The number of fused-ring (bicyclic) bond motifs is 2. The number of hydrogen-bond donors (Lipinski definition) is 1. The van der Waals surface area contributed by atoms with E-state index in [0.29, 0.717) is 28.7 Å². The van der Waals surface area contributed by atoms with Gasteiger partial charge in [-0.15, -0.1) is 0 Å². The van der Waals surface area contributed by atoms with Gasteiger partial charge in [-0.2, -0.15) is 0 Å². The van der Waals surface area contributed by atoms with Crippen LogP contribution in [0, 0.1) is 6.92 Å². The summed E-state index contributed by atoms with van der Waals surface area (Å²) in [5, 5.41) is 3.53. The molecule has 3 heterocycles. The Morgan fingerprint density at radius 3 is 2.81 bits per heavy atom. The summed E-state index contributed by atoms with van der Waals surface area (Å²) in [5.74, 6) is -0.192. The summed E-state index contributed by atoms with van der Waals surface area (Å²) in [6.45, 7) is 5.57. The highest BCUT2D eigenvalue weighted by molar-refractivity contribution is 6.00. The second-order valence-electron chi connectivity index (χ2n) is 6.81. The van der Waals surface area contributed by atoms with Crippen LogP contribution in [0.2, 0.25) is 0 Å². The van der Waals surface area contributed by atoms with E-state index >= 15 is 0 Å². The zero-order chi connectivity index (χ0) is 18.1. The van der Waals surface area contributed by atoms with Gasteiger partial charge in [0.05, 0.1) is 16.5 Å². The minimum absolute atomic E-state index is 0.152. The highest BCUT2D eigenvalue weighted by atomic mass is 16.2. The summed E-state index contributed by atoms with van der Waals surface area (Å²) in [7, 11) is 0. The molecule has 0 saturated carbocycles. The number of aryl methyl sites for hydroxylation is 1. The smallest absolute Gasteiger partial charge is 0.265 e. The third-order valence-electron chi connectivity index (χ3n) is 5.03. The van der Waals surface area contributed by atoms with Crippen LogP contribution in [-0.4, -0.2) is 46.4 Å². The minimum atomic E-state index is -0.192. The third kappa shape index (κ3) is 2.97. The van der Waals surface area contributed by atoms with E-state index in [1.54, 1.807) is 24.4 Å². The summed E-state index contributed by atoms with van der Waals surface area (Å²) in [6, 6.07) is 8.98. The van der Waals surface area contributed by atoms with Gasteiger partial charge in [0, 0.05) is 19.3 Å². The molecule has 0 bridgehead atoms. The highest BCUT2D eigenvalue weighted by Gasteiger charge is 2.16. The maximum Gasteiger partial charge on any atom is 0.265 e. The summed E-state index contributed by atoms with van der Waals surface area (Å²) >= 11 is 0. The van der Waals surface area contributed by atoms with Crippen molar-refractivity contribution in [3.05, 3.63) is 58.0 Å². The molecule has 1 aromatic carbocycles. The van der Waals surface area contributed by atoms with Crippen molar-refractivity contribution in [2.45, 2.75) is 19.8 Å². The van der Waals surface area contributed by atoms with Crippen LogP contribution in [0.4, 0.5) is 0 Å². The van der Waals surface area contributed by atoms with Gasteiger partial charge in [-0.1, -0.05) is 12.1 Å². The fourth-order valence-electron chi connectivity index (χ4n) is 3.60. The molecule has 6 heteroatoms. The highest BCUT2D eigenvalue weighted by Crippen LogP contribution is 2.16. The number of carbonyl (C=O) groups excluding carboxylic acids is 1. The Morgan fingerprint density at radius 1 is 1.19 bits per heavy atom. The van der Waals surface area contributed by atoms with Crippen molar-refractivity contribution in [3.8, 4) is 0 Å². The Hall–Kier alpha value is -2.73. The van der Waals surface area contributed by atoms with Crippen molar-refractivity contribution in [3.63, 3.8) is 0 Å². The number of likely N-dealkylation sites (tertiary alicyclic amines) is 1. The van der Waals surface area contributed by atoms with E-state index in [9.17, 15) is 9.59 Å². The predicted octanol–water partition coefficient (Wildman–Crippen LogP) is 1.98. The number of nitrogens with zero attached hydrogens (tertiary/aromatic N) is 3. The number of aromatic nitrogens is 2. The van der Waals surface area contributed by atoms with Crippen molar-refractivity contribution in [2.24, 2.45) is 0 Å². The molecule has 1 amide bonds. The fourth-order valence-corrected chi connectivity index (χ4v) is 3.60. The van der Waals surface area contributed by atoms with Gasteiger partial charge in [0.2, 0.25) is 0 Å². The van der Waals surface area contributed by atoms with Crippen LogP contribution in [0.1, 0.15) is 28.8 Å². The normalized spacial score (nSPS) is 15.0. The average molecular weight is 350 g/mol. The van der Waals surface area contributed by atoms with E-state index in [1.807, 2.05) is 19.1 Å². The first-order chi connectivity index (χ1) is 12.6. The number of hydrogen-bond acceptors (Lipinski definition) is 4. The largest absolute Gasteiger partial charge is 0.351 e. The molecule has 0 aliphatic carbocycles. The molecule has 0 spiro atoms. The van der Waals surface area contributed by atoms with E-state index in [1.165, 1.54) is 17.2 Å². The lowest BCUT2D eigenvalue weighted by molar-refractivity contribution is 0.0951. The summed E-state index contributed by atoms with van der Waals surface area (Å²) < 4.78 is 1.46. The third-order valence-corrected chi connectivity index (χ3v) is 5.03. The van der Waals surface area contributed by atoms with Crippen LogP contribution in [0.5, 0.6) is 0 Å². The Balaban J connectivity index is 1.68. The number of carbonyl (C=O) groups is 1. The van der Waals surface area contributed by atoms with E-state index in [2.05, 4.69) is 15.2 Å². The Kier molecular flexibility index (Phi) is 4.42. The van der Waals surface area contributed by atoms with Crippen LogP contribution < -0.4 is 10.9 Å². The first-order valence-electron chi connectivity index (χ1n) is 9.06. The topological polar surface area (TPSA) is 66.7 Å². The first-order valence-corrected chi connectivity index (χ1v) is 9.06. The Labute approximate surface area is 151 Å². The van der Waals surface area contributed by atoms with Crippen LogP contribution in [0.15, 0.2) is 41.3 Å². The molecule has 1 aliphatic rings. The number of rotatable bonds is 4. The van der Waals surface area contributed by atoms with Crippen molar-refractivity contribution >= 4 is 22.5 Å². The molecule has 134 valence electrons. The van der Waals surface area contributed by atoms with Crippen LogP contribution in [0.3, 0.4) is 0 Å². The van der Waals surface area contributed by atoms with Crippen LogP contribution in [-0.2, 0) is 0 Å². The lowest BCUT2D eigenvalue weighted by Crippen LogP contribution is -2.34. The van der Waals surface area contributed by atoms with Crippen molar-refractivity contribution in [2.75, 3.05) is 26.2 Å². The maximum absolute atomic E-state index is 12.8. The summed E-state index contributed by atoms with van der Waals surface area (Å²) in [6.07, 6.45) is 4.13. The molecule has 0 unspecified atom stereocenters. The predicted molar refractivity (Wildman–Crippen MR) is 102 cm³/mol. The maximum atomic E-state index is 12.8. The lowest BCUT2D eigenvalue weighted by Gasteiger charge is -2.15.